The highest BCUT2D eigenvalue weighted by Gasteiger charge is 2.20. The normalized spacial score (nSPS) is 13.9. The third-order valence-corrected chi connectivity index (χ3v) is 5.72. The highest BCUT2D eigenvalue weighted by Crippen LogP contribution is 2.38. The SMILES string of the molecule is CCOc1cc2oc3c(c2cc1/C(C)=C/C(=O)NCc1ccc(C)cc1)CCCC3. The molecule has 1 N–H and O–H groups in total. The van der Waals surface area contributed by atoms with Gasteiger partial charge in [-0.1, -0.05) is 29.8 Å². The number of carbonyl (C=O) groups is 1. The average molecular weight is 404 g/mol. The maximum absolute atomic E-state index is 12.5. The summed E-state index contributed by atoms with van der Waals surface area (Å²) in [7, 11) is 0. The molecule has 0 radical (unpaired) electrons. The van der Waals surface area contributed by atoms with Gasteiger partial charge in [0.2, 0.25) is 5.91 Å². The number of fused-ring (bicyclic) bond motifs is 3. The van der Waals surface area contributed by atoms with Crippen molar-refractivity contribution in [2.24, 2.45) is 0 Å². The number of carbonyl (C=O) groups excluding carboxylic acids is 1. The molecule has 1 aromatic heterocycles. The summed E-state index contributed by atoms with van der Waals surface area (Å²) < 4.78 is 12.0. The number of hydrogen-bond acceptors (Lipinski definition) is 3. The molecule has 2 aromatic carbocycles. The van der Waals surface area contributed by atoms with Gasteiger partial charge in [0.25, 0.3) is 0 Å². The van der Waals surface area contributed by atoms with Crippen LogP contribution in [0.25, 0.3) is 16.5 Å². The molecule has 0 spiro atoms. The maximum Gasteiger partial charge on any atom is 0.244 e. The molecule has 1 heterocycles. The van der Waals surface area contributed by atoms with Gasteiger partial charge in [-0.25, -0.2) is 0 Å². The number of amides is 1. The molecule has 4 heteroatoms. The number of benzene rings is 2. The molecular formula is C26H29NO3. The Morgan fingerprint density at radius 1 is 1.17 bits per heavy atom. The first-order valence-corrected chi connectivity index (χ1v) is 10.8. The second kappa shape index (κ2) is 8.78. The van der Waals surface area contributed by atoms with Gasteiger partial charge in [0.05, 0.1) is 6.61 Å². The minimum atomic E-state index is -0.107. The minimum Gasteiger partial charge on any atom is -0.493 e. The number of rotatable bonds is 6. The van der Waals surface area contributed by atoms with Crippen molar-refractivity contribution in [3.05, 3.63) is 70.5 Å². The Morgan fingerprint density at radius 3 is 2.70 bits per heavy atom. The highest BCUT2D eigenvalue weighted by molar-refractivity contribution is 5.97. The van der Waals surface area contributed by atoms with Crippen molar-refractivity contribution in [2.75, 3.05) is 6.61 Å². The monoisotopic (exact) mass is 403 g/mol. The molecule has 1 amide bonds. The maximum atomic E-state index is 12.5. The van der Waals surface area contributed by atoms with Gasteiger partial charge in [0, 0.05) is 41.6 Å². The van der Waals surface area contributed by atoms with Crippen LogP contribution < -0.4 is 10.1 Å². The number of nitrogens with one attached hydrogen (secondary N) is 1. The molecule has 156 valence electrons. The summed E-state index contributed by atoms with van der Waals surface area (Å²) in [6.45, 7) is 7.05. The molecule has 30 heavy (non-hydrogen) atoms. The van der Waals surface area contributed by atoms with E-state index in [-0.39, 0.29) is 5.91 Å². The molecule has 0 unspecified atom stereocenters. The fourth-order valence-corrected chi connectivity index (χ4v) is 4.09. The molecule has 3 aromatic rings. The lowest BCUT2D eigenvalue weighted by Gasteiger charge is -2.12. The van der Waals surface area contributed by atoms with Gasteiger partial charge in [-0.15, -0.1) is 0 Å². The second-order valence-electron chi connectivity index (χ2n) is 8.02. The van der Waals surface area contributed by atoms with Crippen LogP contribution in [0.4, 0.5) is 0 Å². The van der Waals surface area contributed by atoms with E-state index in [4.69, 9.17) is 9.15 Å². The zero-order valence-corrected chi connectivity index (χ0v) is 18.0. The Hall–Kier alpha value is -3.01. The molecule has 0 aliphatic heterocycles. The van der Waals surface area contributed by atoms with Crippen molar-refractivity contribution >= 4 is 22.4 Å². The molecule has 1 aliphatic rings. The van der Waals surface area contributed by atoms with Gasteiger partial charge >= 0.3 is 0 Å². The lowest BCUT2D eigenvalue weighted by molar-refractivity contribution is -0.116. The van der Waals surface area contributed by atoms with Crippen molar-refractivity contribution in [3.63, 3.8) is 0 Å². The Balaban J connectivity index is 1.60. The van der Waals surface area contributed by atoms with Crippen LogP contribution in [0.3, 0.4) is 0 Å². The van der Waals surface area contributed by atoms with E-state index in [0.29, 0.717) is 13.2 Å². The van der Waals surface area contributed by atoms with E-state index < -0.39 is 0 Å². The third-order valence-electron chi connectivity index (χ3n) is 5.72. The van der Waals surface area contributed by atoms with Crippen LogP contribution in [0.15, 0.2) is 46.9 Å². The largest absolute Gasteiger partial charge is 0.493 e. The van der Waals surface area contributed by atoms with Crippen LogP contribution in [-0.2, 0) is 24.2 Å². The Kier molecular flexibility index (Phi) is 5.93. The number of aryl methyl sites for hydroxylation is 3. The summed E-state index contributed by atoms with van der Waals surface area (Å²) in [6.07, 6.45) is 6.08. The van der Waals surface area contributed by atoms with Gasteiger partial charge in [-0.3, -0.25) is 4.79 Å². The summed E-state index contributed by atoms with van der Waals surface area (Å²) in [5.41, 5.74) is 6.32. The fourth-order valence-electron chi connectivity index (χ4n) is 4.09. The van der Waals surface area contributed by atoms with Crippen LogP contribution >= 0.6 is 0 Å². The van der Waals surface area contributed by atoms with Crippen molar-refractivity contribution in [1.82, 2.24) is 5.32 Å². The first kappa shape index (κ1) is 20.3. The van der Waals surface area contributed by atoms with Crippen LogP contribution in [0.2, 0.25) is 0 Å². The summed E-state index contributed by atoms with van der Waals surface area (Å²) in [5.74, 6) is 1.76. The molecule has 0 fully saturated rings. The van der Waals surface area contributed by atoms with E-state index in [9.17, 15) is 4.79 Å². The van der Waals surface area contributed by atoms with Crippen molar-refractivity contribution in [2.45, 2.75) is 53.0 Å². The van der Waals surface area contributed by atoms with E-state index >= 15 is 0 Å². The minimum absolute atomic E-state index is 0.107. The van der Waals surface area contributed by atoms with Gasteiger partial charge in [0.1, 0.15) is 17.1 Å². The number of allylic oxidation sites excluding steroid dienone is 1. The van der Waals surface area contributed by atoms with E-state index in [1.54, 1.807) is 6.08 Å². The second-order valence-corrected chi connectivity index (χ2v) is 8.02. The lowest BCUT2D eigenvalue weighted by Crippen LogP contribution is -2.20. The molecule has 0 atom stereocenters. The first-order chi connectivity index (χ1) is 14.5. The third kappa shape index (κ3) is 4.28. The van der Waals surface area contributed by atoms with Crippen molar-refractivity contribution in [1.29, 1.82) is 0 Å². The van der Waals surface area contributed by atoms with Crippen molar-refractivity contribution in [3.8, 4) is 5.75 Å². The quantitative estimate of drug-likeness (QED) is 0.534. The van der Waals surface area contributed by atoms with Gasteiger partial charge in [-0.05, 0) is 57.2 Å². The van der Waals surface area contributed by atoms with Crippen molar-refractivity contribution < 1.29 is 13.9 Å². The standard InChI is InChI=1S/C26H29NO3/c1-4-29-24-15-25-22(20-7-5-6-8-23(20)30-25)14-21(24)18(3)13-26(28)27-16-19-11-9-17(2)10-12-19/h9-15H,4-8,16H2,1-3H3,(H,27,28)/b18-13+. The van der Waals surface area contributed by atoms with Crippen LogP contribution in [0.1, 0.15) is 54.7 Å². The molecule has 4 nitrogen and oxygen atoms in total. The number of hydrogen-bond donors (Lipinski definition) is 1. The van der Waals surface area contributed by atoms with E-state index in [0.717, 1.165) is 52.0 Å². The number of ether oxygens (including phenoxy) is 1. The lowest BCUT2D eigenvalue weighted by atomic mass is 9.94. The van der Waals surface area contributed by atoms with Gasteiger partial charge in [-0.2, -0.15) is 0 Å². The van der Waals surface area contributed by atoms with E-state index in [1.807, 2.05) is 32.0 Å². The predicted octanol–water partition coefficient (Wildman–Crippen LogP) is 5.74. The topological polar surface area (TPSA) is 51.5 Å². The van der Waals surface area contributed by atoms with Crippen LogP contribution in [0, 0.1) is 6.92 Å². The molecular weight excluding hydrogens is 374 g/mol. The van der Waals surface area contributed by atoms with Crippen LogP contribution in [-0.4, -0.2) is 12.5 Å². The Bertz CT molecular complexity index is 1090. The first-order valence-electron chi connectivity index (χ1n) is 10.8. The predicted molar refractivity (Wildman–Crippen MR) is 121 cm³/mol. The zero-order valence-electron chi connectivity index (χ0n) is 18.0. The number of furan rings is 1. The van der Waals surface area contributed by atoms with Crippen LogP contribution in [0.5, 0.6) is 5.75 Å². The summed E-state index contributed by atoms with van der Waals surface area (Å²) in [5, 5.41) is 4.13. The molecule has 0 saturated heterocycles. The summed E-state index contributed by atoms with van der Waals surface area (Å²) in [4.78, 5) is 12.5. The molecule has 4 rings (SSSR count). The molecule has 0 bridgehead atoms. The summed E-state index contributed by atoms with van der Waals surface area (Å²) >= 11 is 0. The Morgan fingerprint density at radius 2 is 1.93 bits per heavy atom. The summed E-state index contributed by atoms with van der Waals surface area (Å²) in [6, 6.07) is 12.3. The van der Waals surface area contributed by atoms with Gasteiger partial charge in [0.15, 0.2) is 0 Å². The molecule has 0 saturated carbocycles. The Labute approximate surface area is 177 Å². The van der Waals surface area contributed by atoms with Gasteiger partial charge < -0.3 is 14.5 Å². The smallest absolute Gasteiger partial charge is 0.244 e. The fraction of sp³-hybridized carbons (Fsp3) is 0.346. The average Bonchev–Trinajstić information content (AvgIpc) is 3.10. The molecule has 1 aliphatic carbocycles. The zero-order chi connectivity index (χ0) is 21.1. The van der Waals surface area contributed by atoms with E-state index in [1.165, 1.54) is 24.0 Å². The van der Waals surface area contributed by atoms with E-state index in [2.05, 4.69) is 30.4 Å². The highest BCUT2D eigenvalue weighted by atomic mass is 16.5.